The van der Waals surface area contributed by atoms with Gasteiger partial charge < -0.3 is 9.64 Å². The highest BCUT2D eigenvalue weighted by Crippen LogP contribution is 2.22. The number of likely N-dealkylation sites (tertiary alicyclic amines) is 1. The smallest absolute Gasteiger partial charge is 0.223 e. The number of piperidine rings is 1. The summed E-state index contributed by atoms with van der Waals surface area (Å²) in [6.45, 7) is 5.78. The maximum atomic E-state index is 11.9. The standard InChI is InChI=1S/C12H21NO2/c1-2-10-3-5-13(6-4-10)12(14)7-11-8-15-9-11/h10-11H,2-9H2,1H3. The first-order valence-electron chi connectivity index (χ1n) is 6.15. The summed E-state index contributed by atoms with van der Waals surface area (Å²) in [6.07, 6.45) is 4.36. The molecule has 2 aliphatic rings. The average molecular weight is 211 g/mol. The zero-order valence-electron chi connectivity index (χ0n) is 9.58. The second-order valence-corrected chi connectivity index (χ2v) is 4.84. The molecule has 0 aromatic rings. The van der Waals surface area contributed by atoms with Crippen molar-refractivity contribution in [2.24, 2.45) is 11.8 Å². The Hall–Kier alpha value is -0.570. The minimum absolute atomic E-state index is 0.345. The van der Waals surface area contributed by atoms with Crippen molar-refractivity contribution >= 4 is 5.91 Å². The second-order valence-electron chi connectivity index (χ2n) is 4.84. The first-order valence-corrected chi connectivity index (χ1v) is 6.15. The van der Waals surface area contributed by atoms with Gasteiger partial charge in [-0.2, -0.15) is 0 Å². The lowest BCUT2D eigenvalue weighted by Crippen LogP contribution is -2.41. The number of rotatable bonds is 3. The van der Waals surface area contributed by atoms with Crippen LogP contribution in [0.3, 0.4) is 0 Å². The molecule has 0 bridgehead atoms. The van der Waals surface area contributed by atoms with Gasteiger partial charge in [0.15, 0.2) is 0 Å². The lowest BCUT2D eigenvalue weighted by molar-refractivity contribution is -0.138. The van der Waals surface area contributed by atoms with Gasteiger partial charge in [-0.15, -0.1) is 0 Å². The quantitative estimate of drug-likeness (QED) is 0.710. The summed E-state index contributed by atoms with van der Waals surface area (Å²) in [5.74, 6) is 1.69. The molecular formula is C12H21NO2. The Bertz CT molecular complexity index is 218. The zero-order valence-corrected chi connectivity index (χ0v) is 9.58. The van der Waals surface area contributed by atoms with Gasteiger partial charge in [0.25, 0.3) is 0 Å². The molecule has 0 spiro atoms. The van der Waals surface area contributed by atoms with Crippen LogP contribution in [-0.4, -0.2) is 37.1 Å². The van der Waals surface area contributed by atoms with E-state index in [1.807, 2.05) is 4.90 Å². The van der Waals surface area contributed by atoms with Gasteiger partial charge in [-0.1, -0.05) is 13.3 Å². The Balaban J connectivity index is 1.71. The first kappa shape index (κ1) is 10.9. The number of carbonyl (C=O) groups excluding carboxylic acids is 1. The van der Waals surface area contributed by atoms with Gasteiger partial charge in [0.05, 0.1) is 13.2 Å². The van der Waals surface area contributed by atoms with Crippen molar-refractivity contribution in [1.82, 2.24) is 4.90 Å². The summed E-state index contributed by atoms with van der Waals surface area (Å²) >= 11 is 0. The summed E-state index contributed by atoms with van der Waals surface area (Å²) < 4.78 is 5.09. The minimum atomic E-state index is 0.345. The molecule has 0 N–H and O–H groups in total. The number of carbonyl (C=O) groups is 1. The maximum Gasteiger partial charge on any atom is 0.223 e. The van der Waals surface area contributed by atoms with Crippen LogP contribution in [0.1, 0.15) is 32.6 Å². The van der Waals surface area contributed by atoms with Crippen molar-refractivity contribution in [1.29, 1.82) is 0 Å². The third-order valence-electron chi connectivity index (χ3n) is 3.71. The van der Waals surface area contributed by atoms with E-state index >= 15 is 0 Å². The number of hydrogen-bond donors (Lipinski definition) is 0. The summed E-state index contributed by atoms with van der Waals surface area (Å²) in [5.41, 5.74) is 0. The number of hydrogen-bond acceptors (Lipinski definition) is 2. The van der Waals surface area contributed by atoms with E-state index in [1.54, 1.807) is 0 Å². The van der Waals surface area contributed by atoms with E-state index in [-0.39, 0.29) is 0 Å². The molecule has 15 heavy (non-hydrogen) atoms. The van der Waals surface area contributed by atoms with Gasteiger partial charge in [-0.3, -0.25) is 4.79 Å². The van der Waals surface area contributed by atoms with Crippen molar-refractivity contribution in [2.45, 2.75) is 32.6 Å². The maximum absolute atomic E-state index is 11.9. The fourth-order valence-corrected chi connectivity index (χ4v) is 2.37. The van der Waals surface area contributed by atoms with E-state index in [2.05, 4.69) is 6.92 Å². The van der Waals surface area contributed by atoms with Gasteiger partial charge in [-0.05, 0) is 18.8 Å². The van der Waals surface area contributed by atoms with E-state index in [4.69, 9.17) is 4.74 Å². The molecule has 0 saturated carbocycles. The average Bonchev–Trinajstić information content (AvgIpc) is 2.23. The van der Waals surface area contributed by atoms with Crippen LogP contribution in [0.5, 0.6) is 0 Å². The van der Waals surface area contributed by atoms with Gasteiger partial charge in [0.1, 0.15) is 0 Å². The molecule has 3 nitrogen and oxygen atoms in total. The van der Waals surface area contributed by atoms with Gasteiger partial charge >= 0.3 is 0 Å². The molecule has 0 aromatic heterocycles. The first-order chi connectivity index (χ1) is 7.29. The molecule has 2 heterocycles. The summed E-state index contributed by atoms with van der Waals surface area (Å²) in [6, 6.07) is 0. The largest absolute Gasteiger partial charge is 0.381 e. The molecule has 0 aliphatic carbocycles. The third kappa shape index (κ3) is 2.71. The van der Waals surface area contributed by atoms with E-state index < -0.39 is 0 Å². The highest BCUT2D eigenvalue weighted by atomic mass is 16.5. The van der Waals surface area contributed by atoms with Crippen molar-refractivity contribution < 1.29 is 9.53 Å². The van der Waals surface area contributed by atoms with Crippen LogP contribution in [0.25, 0.3) is 0 Å². The highest BCUT2D eigenvalue weighted by Gasteiger charge is 2.26. The van der Waals surface area contributed by atoms with Crippen molar-refractivity contribution in [3.8, 4) is 0 Å². The molecule has 0 unspecified atom stereocenters. The fourth-order valence-electron chi connectivity index (χ4n) is 2.37. The molecule has 0 radical (unpaired) electrons. The predicted molar refractivity (Wildman–Crippen MR) is 58.5 cm³/mol. The van der Waals surface area contributed by atoms with Crippen LogP contribution >= 0.6 is 0 Å². The van der Waals surface area contributed by atoms with Crippen LogP contribution in [-0.2, 0) is 9.53 Å². The fraction of sp³-hybridized carbons (Fsp3) is 0.917. The molecule has 2 saturated heterocycles. The van der Waals surface area contributed by atoms with E-state index in [0.29, 0.717) is 18.2 Å². The van der Waals surface area contributed by atoms with Gasteiger partial charge in [-0.25, -0.2) is 0 Å². The third-order valence-corrected chi connectivity index (χ3v) is 3.71. The highest BCUT2D eigenvalue weighted by molar-refractivity contribution is 5.76. The van der Waals surface area contributed by atoms with Crippen LogP contribution in [0.2, 0.25) is 0 Å². The van der Waals surface area contributed by atoms with Crippen molar-refractivity contribution in [3.63, 3.8) is 0 Å². The molecule has 3 heteroatoms. The molecule has 2 fully saturated rings. The van der Waals surface area contributed by atoms with Crippen molar-refractivity contribution in [3.05, 3.63) is 0 Å². The minimum Gasteiger partial charge on any atom is -0.381 e. The van der Waals surface area contributed by atoms with Crippen LogP contribution in [0, 0.1) is 11.8 Å². The SMILES string of the molecule is CCC1CCN(C(=O)CC2COC2)CC1. The summed E-state index contributed by atoms with van der Waals surface area (Å²) in [5, 5.41) is 0. The van der Waals surface area contributed by atoms with Gasteiger partial charge in [0, 0.05) is 25.4 Å². The molecule has 0 aromatic carbocycles. The molecule has 0 atom stereocenters. The number of amides is 1. The Labute approximate surface area is 91.8 Å². The number of nitrogens with zero attached hydrogens (tertiary/aromatic N) is 1. The van der Waals surface area contributed by atoms with E-state index in [1.165, 1.54) is 19.3 Å². The summed E-state index contributed by atoms with van der Waals surface area (Å²) in [4.78, 5) is 13.9. The Morgan fingerprint density at radius 2 is 1.93 bits per heavy atom. The molecule has 86 valence electrons. The topological polar surface area (TPSA) is 29.5 Å². The molecule has 2 rings (SSSR count). The molecular weight excluding hydrogens is 190 g/mol. The number of ether oxygens (including phenoxy) is 1. The van der Waals surface area contributed by atoms with Crippen LogP contribution in [0.4, 0.5) is 0 Å². The van der Waals surface area contributed by atoms with E-state index in [9.17, 15) is 4.79 Å². The monoisotopic (exact) mass is 211 g/mol. The van der Waals surface area contributed by atoms with Crippen LogP contribution < -0.4 is 0 Å². The molecule has 1 amide bonds. The lowest BCUT2D eigenvalue weighted by atomic mass is 9.93. The normalized spacial score (nSPS) is 23.9. The Morgan fingerprint density at radius 3 is 2.40 bits per heavy atom. The molecule has 2 aliphatic heterocycles. The predicted octanol–water partition coefficient (Wildman–Crippen LogP) is 1.67. The second kappa shape index (κ2) is 4.97. The van der Waals surface area contributed by atoms with E-state index in [0.717, 1.165) is 32.2 Å². The Morgan fingerprint density at radius 1 is 1.27 bits per heavy atom. The summed E-state index contributed by atoms with van der Waals surface area (Å²) in [7, 11) is 0. The Kier molecular flexibility index (Phi) is 3.62. The van der Waals surface area contributed by atoms with Gasteiger partial charge in [0.2, 0.25) is 5.91 Å². The zero-order chi connectivity index (χ0) is 10.7. The van der Waals surface area contributed by atoms with Crippen molar-refractivity contribution in [2.75, 3.05) is 26.3 Å². The van der Waals surface area contributed by atoms with Crippen LogP contribution in [0.15, 0.2) is 0 Å². The lowest BCUT2D eigenvalue weighted by Gasteiger charge is -2.34.